The minimum atomic E-state index is -0.278. The topological polar surface area (TPSA) is 58.1 Å². The predicted octanol–water partition coefficient (Wildman–Crippen LogP) is 3.86. The van der Waals surface area contributed by atoms with Gasteiger partial charge in [0.15, 0.2) is 0 Å². The monoisotopic (exact) mass is 410 g/mol. The number of carbonyl (C=O) groups is 1. The summed E-state index contributed by atoms with van der Waals surface area (Å²) in [6.45, 7) is 3.25. The Hall–Kier alpha value is -2.80. The fourth-order valence-electron chi connectivity index (χ4n) is 3.50. The van der Waals surface area contributed by atoms with E-state index in [1.54, 1.807) is 12.1 Å². The van der Waals surface area contributed by atoms with E-state index in [1.807, 2.05) is 0 Å². The predicted molar refractivity (Wildman–Crippen MR) is 113 cm³/mol. The van der Waals surface area contributed by atoms with Gasteiger partial charge in [-0.25, -0.2) is 9.37 Å². The Kier molecular flexibility index (Phi) is 5.85. The van der Waals surface area contributed by atoms with Crippen LogP contribution in [0.3, 0.4) is 0 Å². The molecular weight excluding hydrogens is 387 g/mol. The summed E-state index contributed by atoms with van der Waals surface area (Å²) in [4.78, 5) is 19.5. The molecule has 0 radical (unpaired) electrons. The molecule has 0 bridgehead atoms. The third kappa shape index (κ3) is 4.79. The van der Waals surface area contributed by atoms with E-state index in [9.17, 15) is 9.18 Å². The van der Waals surface area contributed by atoms with Crippen molar-refractivity contribution in [3.63, 3.8) is 0 Å². The molecule has 1 N–H and O–H groups in total. The van der Waals surface area contributed by atoms with E-state index in [-0.39, 0.29) is 17.8 Å². The van der Waals surface area contributed by atoms with Crippen molar-refractivity contribution in [3.05, 3.63) is 76.9 Å². The molecule has 1 aromatic heterocycles. The number of halogens is 1. The molecule has 3 aromatic rings. The number of nitrogens with one attached hydrogen (secondary N) is 1. The second kappa shape index (κ2) is 8.69. The second-order valence-corrected chi connectivity index (χ2v) is 8.08. The summed E-state index contributed by atoms with van der Waals surface area (Å²) in [6, 6.07) is 14.3. The molecule has 0 saturated carbocycles. The van der Waals surface area contributed by atoms with Gasteiger partial charge in [0.2, 0.25) is 11.0 Å². The van der Waals surface area contributed by atoms with E-state index in [1.165, 1.54) is 34.8 Å². The standard InChI is InChI=1S/C22H23FN4OS/c1-15-4-6-16(7-5-15)13-20-25-22(29-26-20)27-12-2-3-19(27)21(28)24-14-17-8-10-18(23)11-9-17/h4-11,19H,2-3,12-14H2,1H3,(H,24,28). The van der Waals surface area contributed by atoms with Gasteiger partial charge in [0.25, 0.3) is 0 Å². The average Bonchev–Trinajstić information content (AvgIpc) is 3.38. The van der Waals surface area contributed by atoms with Crippen LogP contribution in [-0.4, -0.2) is 27.9 Å². The zero-order valence-electron chi connectivity index (χ0n) is 16.3. The molecule has 1 aliphatic heterocycles. The zero-order valence-corrected chi connectivity index (χ0v) is 17.1. The largest absolute Gasteiger partial charge is 0.350 e. The van der Waals surface area contributed by atoms with Crippen molar-refractivity contribution < 1.29 is 9.18 Å². The first-order valence-corrected chi connectivity index (χ1v) is 10.5. The van der Waals surface area contributed by atoms with Crippen molar-refractivity contribution in [2.24, 2.45) is 0 Å². The minimum absolute atomic E-state index is 0.0258. The van der Waals surface area contributed by atoms with Crippen LogP contribution in [-0.2, 0) is 17.8 Å². The highest BCUT2D eigenvalue weighted by Crippen LogP contribution is 2.28. The molecule has 2 aromatic carbocycles. The number of aromatic nitrogens is 2. The summed E-state index contributed by atoms with van der Waals surface area (Å²) in [5, 5.41) is 3.76. The summed E-state index contributed by atoms with van der Waals surface area (Å²) >= 11 is 1.35. The van der Waals surface area contributed by atoms with Crippen LogP contribution in [0, 0.1) is 12.7 Å². The number of aryl methyl sites for hydroxylation is 1. The lowest BCUT2D eigenvalue weighted by Crippen LogP contribution is -2.43. The third-order valence-electron chi connectivity index (χ3n) is 5.12. The molecule has 7 heteroatoms. The Morgan fingerprint density at radius 1 is 1.17 bits per heavy atom. The Labute approximate surface area is 173 Å². The van der Waals surface area contributed by atoms with E-state index in [0.29, 0.717) is 13.0 Å². The summed E-state index contributed by atoms with van der Waals surface area (Å²) in [5.41, 5.74) is 3.28. The number of hydrogen-bond donors (Lipinski definition) is 1. The number of anilines is 1. The van der Waals surface area contributed by atoms with Crippen LogP contribution in [0.4, 0.5) is 9.52 Å². The second-order valence-electron chi connectivity index (χ2n) is 7.35. The van der Waals surface area contributed by atoms with Gasteiger partial charge in [-0.1, -0.05) is 42.0 Å². The molecule has 5 nitrogen and oxygen atoms in total. The van der Waals surface area contributed by atoms with Crippen LogP contribution in [0.1, 0.15) is 35.4 Å². The molecule has 150 valence electrons. The number of amides is 1. The highest BCUT2D eigenvalue weighted by Gasteiger charge is 2.32. The van der Waals surface area contributed by atoms with Crippen LogP contribution in [0.25, 0.3) is 0 Å². The number of benzene rings is 2. The Bertz CT molecular complexity index is 971. The molecule has 4 rings (SSSR count). The van der Waals surface area contributed by atoms with Crippen molar-refractivity contribution in [1.29, 1.82) is 0 Å². The maximum atomic E-state index is 13.0. The van der Waals surface area contributed by atoms with Crippen molar-refractivity contribution in [3.8, 4) is 0 Å². The third-order valence-corrected chi connectivity index (χ3v) is 5.91. The van der Waals surface area contributed by atoms with Gasteiger partial charge in [0.05, 0.1) is 0 Å². The lowest BCUT2D eigenvalue weighted by atomic mass is 10.1. The Morgan fingerprint density at radius 3 is 2.66 bits per heavy atom. The van der Waals surface area contributed by atoms with Crippen molar-refractivity contribution in [1.82, 2.24) is 14.7 Å². The normalized spacial score (nSPS) is 16.2. The molecule has 29 heavy (non-hydrogen) atoms. The molecule has 1 amide bonds. The quantitative estimate of drug-likeness (QED) is 0.670. The fraction of sp³-hybridized carbons (Fsp3) is 0.318. The van der Waals surface area contributed by atoms with Gasteiger partial charge in [-0.05, 0) is 43.0 Å². The summed E-state index contributed by atoms with van der Waals surface area (Å²) in [5.74, 6) is 0.480. The van der Waals surface area contributed by atoms with Crippen molar-refractivity contribution >= 4 is 22.6 Å². The molecule has 0 spiro atoms. The van der Waals surface area contributed by atoms with E-state index >= 15 is 0 Å². The fourth-order valence-corrected chi connectivity index (χ4v) is 4.26. The van der Waals surface area contributed by atoms with Gasteiger partial charge in [0.1, 0.15) is 17.7 Å². The molecule has 1 aliphatic rings. The number of rotatable bonds is 6. The van der Waals surface area contributed by atoms with Crippen LogP contribution < -0.4 is 10.2 Å². The van der Waals surface area contributed by atoms with Crippen molar-refractivity contribution in [2.45, 2.75) is 38.8 Å². The summed E-state index contributed by atoms with van der Waals surface area (Å²) in [7, 11) is 0. The Balaban J connectivity index is 1.38. The van der Waals surface area contributed by atoms with Gasteiger partial charge in [-0.15, -0.1) is 0 Å². The summed E-state index contributed by atoms with van der Waals surface area (Å²) in [6.07, 6.45) is 2.43. The summed E-state index contributed by atoms with van der Waals surface area (Å²) < 4.78 is 17.5. The van der Waals surface area contributed by atoms with Crippen LogP contribution >= 0.6 is 11.5 Å². The van der Waals surface area contributed by atoms with E-state index in [0.717, 1.165) is 35.9 Å². The molecular formula is C22H23FN4OS. The average molecular weight is 411 g/mol. The molecule has 1 fully saturated rings. The lowest BCUT2D eigenvalue weighted by molar-refractivity contribution is -0.122. The number of nitrogens with zero attached hydrogens (tertiary/aromatic N) is 3. The molecule has 2 heterocycles. The van der Waals surface area contributed by atoms with E-state index in [4.69, 9.17) is 0 Å². The Morgan fingerprint density at radius 2 is 1.90 bits per heavy atom. The van der Waals surface area contributed by atoms with Gasteiger partial charge in [-0.3, -0.25) is 4.79 Å². The van der Waals surface area contributed by atoms with Crippen LogP contribution in [0.15, 0.2) is 48.5 Å². The SMILES string of the molecule is Cc1ccc(Cc2nsc(N3CCCC3C(=O)NCc3ccc(F)cc3)n2)cc1. The van der Waals surface area contributed by atoms with Crippen LogP contribution in [0.5, 0.6) is 0 Å². The lowest BCUT2D eigenvalue weighted by Gasteiger charge is -2.22. The molecule has 1 atom stereocenters. The number of carbonyl (C=O) groups excluding carboxylic acids is 1. The number of hydrogen-bond acceptors (Lipinski definition) is 5. The first-order valence-electron chi connectivity index (χ1n) is 9.75. The van der Waals surface area contributed by atoms with E-state index < -0.39 is 0 Å². The van der Waals surface area contributed by atoms with Gasteiger partial charge < -0.3 is 10.2 Å². The maximum absolute atomic E-state index is 13.0. The first-order chi connectivity index (χ1) is 14.1. The zero-order chi connectivity index (χ0) is 20.2. The van der Waals surface area contributed by atoms with Gasteiger partial charge in [-0.2, -0.15) is 4.37 Å². The molecule has 0 aliphatic carbocycles. The molecule has 1 unspecified atom stereocenters. The minimum Gasteiger partial charge on any atom is -0.350 e. The first kappa shape index (κ1) is 19.5. The smallest absolute Gasteiger partial charge is 0.243 e. The van der Waals surface area contributed by atoms with Gasteiger partial charge >= 0.3 is 0 Å². The van der Waals surface area contributed by atoms with Gasteiger partial charge in [0, 0.05) is 31.0 Å². The highest BCUT2D eigenvalue weighted by atomic mass is 32.1. The molecule has 1 saturated heterocycles. The van der Waals surface area contributed by atoms with Crippen molar-refractivity contribution in [2.75, 3.05) is 11.4 Å². The van der Waals surface area contributed by atoms with Crippen LogP contribution in [0.2, 0.25) is 0 Å². The van der Waals surface area contributed by atoms with E-state index in [2.05, 4.69) is 50.8 Å². The highest BCUT2D eigenvalue weighted by molar-refractivity contribution is 7.09. The maximum Gasteiger partial charge on any atom is 0.243 e.